The molecule has 118 valence electrons. The average Bonchev–Trinajstić information content (AvgIpc) is 2.83. The highest BCUT2D eigenvalue weighted by molar-refractivity contribution is 5.38. The van der Waals surface area contributed by atoms with Crippen LogP contribution in [0.25, 0.3) is 0 Å². The summed E-state index contributed by atoms with van der Waals surface area (Å²) in [5.74, 6) is -1.16. The van der Waals surface area contributed by atoms with E-state index in [2.05, 4.69) is 20.2 Å². The SMILES string of the molecule is CNc1cc(OCCC2CCCN2C)nc(C(F)(F)F)n1. The number of ether oxygens (including phenoxy) is 1. The molecule has 0 aromatic carbocycles. The zero-order valence-electron chi connectivity index (χ0n) is 12.1. The Morgan fingerprint density at radius 3 is 2.76 bits per heavy atom. The van der Waals surface area contributed by atoms with Gasteiger partial charge in [0.2, 0.25) is 11.7 Å². The molecule has 0 saturated carbocycles. The maximum absolute atomic E-state index is 12.7. The van der Waals surface area contributed by atoms with E-state index in [1.807, 2.05) is 7.05 Å². The Morgan fingerprint density at radius 1 is 1.43 bits per heavy atom. The molecule has 21 heavy (non-hydrogen) atoms. The van der Waals surface area contributed by atoms with Gasteiger partial charge in [0, 0.05) is 19.2 Å². The fraction of sp³-hybridized carbons (Fsp3) is 0.692. The predicted molar refractivity (Wildman–Crippen MR) is 72.3 cm³/mol. The zero-order valence-corrected chi connectivity index (χ0v) is 12.1. The third kappa shape index (κ3) is 4.20. The molecule has 5 nitrogen and oxygen atoms in total. The van der Waals surface area contributed by atoms with E-state index >= 15 is 0 Å². The lowest BCUT2D eigenvalue weighted by Gasteiger charge is -2.19. The van der Waals surface area contributed by atoms with E-state index < -0.39 is 12.0 Å². The fourth-order valence-corrected chi connectivity index (χ4v) is 2.40. The first kappa shape index (κ1) is 15.8. The quantitative estimate of drug-likeness (QED) is 0.905. The number of anilines is 1. The smallest absolute Gasteiger partial charge is 0.451 e. The van der Waals surface area contributed by atoms with Gasteiger partial charge in [0.1, 0.15) is 5.82 Å². The summed E-state index contributed by atoms with van der Waals surface area (Å²) in [6, 6.07) is 1.80. The molecule has 1 fully saturated rings. The minimum atomic E-state index is -4.59. The van der Waals surface area contributed by atoms with Crippen LogP contribution < -0.4 is 10.1 Å². The third-order valence-corrected chi connectivity index (χ3v) is 3.58. The molecular weight excluding hydrogens is 285 g/mol. The first-order valence-corrected chi connectivity index (χ1v) is 6.87. The Bertz CT molecular complexity index is 481. The van der Waals surface area contributed by atoms with Crippen LogP contribution in [0.1, 0.15) is 25.1 Å². The average molecular weight is 304 g/mol. The van der Waals surface area contributed by atoms with Crippen LogP contribution in [-0.2, 0) is 6.18 Å². The van der Waals surface area contributed by atoms with Crippen LogP contribution >= 0.6 is 0 Å². The van der Waals surface area contributed by atoms with Gasteiger partial charge in [-0.15, -0.1) is 0 Å². The monoisotopic (exact) mass is 304 g/mol. The van der Waals surface area contributed by atoms with Crippen LogP contribution in [0, 0.1) is 0 Å². The van der Waals surface area contributed by atoms with E-state index in [9.17, 15) is 13.2 Å². The van der Waals surface area contributed by atoms with Crippen LogP contribution in [-0.4, -0.2) is 48.2 Å². The van der Waals surface area contributed by atoms with Gasteiger partial charge in [0.25, 0.3) is 0 Å². The lowest BCUT2D eigenvalue weighted by atomic mass is 10.1. The van der Waals surface area contributed by atoms with Gasteiger partial charge in [0.15, 0.2) is 0 Å². The maximum atomic E-state index is 12.7. The Balaban J connectivity index is 1.98. The summed E-state index contributed by atoms with van der Waals surface area (Å²) in [7, 11) is 3.54. The third-order valence-electron chi connectivity index (χ3n) is 3.58. The Labute approximate surface area is 121 Å². The summed E-state index contributed by atoms with van der Waals surface area (Å²) in [4.78, 5) is 9.05. The van der Waals surface area contributed by atoms with Crippen molar-refractivity contribution in [3.63, 3.8) is 0 Å². The van der Waals surface area contributed by atoms with Crippen molar-refractivity contribution in [2.75, 3.05) is 32.6 Å². The lowest BCUT2D eigenvalue weighted by Crippen LogP contribution is -2.26. The molecule has 1 aromatic rings. The minimum Gasteiger partial charge on any atom is -0.477 e. The molecule has 2 rings (SSSR count). The summed E-state index contributed by atoms with van der Waals surface area (Å²) < 4.78 is 43.4. The van der Waals surface area contributed by atoms with Gasteiger partial charge in [0.05, 0.1) is 6.61 Å². The topological polar surface area (TPSA) is 50.3 Å². The molecule has 1 N–H and O–H groups in total. The molecule has 1 unspecified atom stereocenters. The molecular formula is C13H19F3N4O. The van der Waals surface area contributed by atoms with Crippen molar-refractivity contribution in [2.24, 2.45) is 0 Å². The molecule has 0 bridgehead atoms. The number of alkyl halides is 3. The second kappa shape index (κ2) is 6.46. The summed E-state index contributed by atoms with van der Waals surface area (Å²) in [6.45, 7) is 1.40. The normalized spacial score (nSPS) is 19.8. The van der Waals surface area contributed by atoms with Crippen molar-refractivity contribution >= 4 is 5.82 Å². The summed E-state index contributed by atoms with van der Waals surface area (Å²) in [5.41, 5.74) is 0. The highest BCUT2D eigenvalue weighted by Gasteiger charge is 2.35. The van der Waals surface area contributed by atoms with Crippen LogP contribution in [0.4, 0.5) is 19.0 Å². The van der Waals surface area contributed by atoms with Crippen LogP contribution in [0.2, 0.25) is 0 Å². The van der Waals surface area contributed by atoms with Crippen molar-refractivity contribution < 1.29 is 17.9 Å². The van der Waals surface area contributed by atoms with E-state index in [0.29, 0.717) is 12.6 Å². The number of halogens is 3. The molecule has 0 spiro atoms. The van der Waals surface area contributed by atoms with Gasteiger partial charge in [-0.05, 0) is 32.9 Å². The van der Waals surface area contributed by atoms with E-state index in [4.69, 9.17) is 4.74 Å². The standard InChI is InChI=1S/C13H19F3N4O/c1-17-10-8-11(19-12(18-10)13(14,15)16)21-7-5-9-4-3-6-20(9)2/h8-9H,3-7H2,1-2H3,(H,17,18,19). The molecule has 1 saturated heterocycles. The molecule has 0 radical (unpaired) electrons. The van der Waals surface area contributed by atoms with Crippen molar-refractivity contribution in [2.45, 2.75) is 31.5 Å². The van der Waals surface area contributed by atoms with Gasteiger partial charge in [-0.1, -0.05) is 0 Å². The lowest BCUT2D eigenvalue weighted by molar-refractivity contribution is -0.145. The molecule has 1 aromatic heterocycles. The number of nitrogens with one attached hydrogen (secondary N) is 1. The second-order valence-electron chi connectivity index (χ2n) is 5.08. The number of aromatic nitrogens is 2. The molecule has 1 aliphatic heterocycles. The predicted octanol–water partition coefficient (Wildman–Crippen LogP) is 2.40. The van der Waals surface area contributed by atoms with Gasteiger partial charge in [-0.2, -0.15) is 18.2 Å². The fourth-order valence-electron chi connectivity index (χ4n) is 2.40. The molecule has 2 heterocycles. The summed E-state index contributed by atoms with van der Waals surface area (Å²) in [5, 5.41) is 2.58. The van der Waals surface area contributed by atoms with Crippen molar-refractivity contribution in [1.82, 2.24) is 14.9 Å². The van der Waals surface area contributed by atoms with E-state index in [1.165, 1.54) is 13.1 Å². The van der Waals surface area contributed by atoms with Crippen molar-refractivity contribution in [3.8, 4) is 5.88 Å². The highest BCUT2D eigenvalue weighted by atomic mass is 19.4. The number of nitrogens with zero attached hydrogens (tertiary/aromatic N) is 3. The molecule has 1 atom stereocenters. The first-order valence-electron chi connectivity index (χ1n) is 6.87. The summed E-state index contributed by atoms with van der Waals surface area (Å²) >= 11 is 0. The van der Waals surface area contributed by atoms with Crippen molar-refractivity contribution in [1.29, 1.82) is 0 Å². The van der Waals surface area contributed by atoms with Gasteiger partial charge < -0.3 is 15.0 Å². The van der Waals surface area contributed by atoms with E-state index in [-0.39, 0.29) is 11.7 Å². The molecule has 1 aliphatic rings. The minimum absolute atomic E-state index is 0.0534. The summed E-state index contributed by atoms with van der Waals surface area (Å²) in [6.07, 6.45) is -1.57. The van der Waals surface area contributed by atoms with Gasteiger partial charge in [-0.25, -0.2) is 4.98 Å². The maximum Gasteiger partial charge on any atom is 0.451 e. The highest BCUT2D eigenvalue weighted by Crippen LogP contribution is 2.29. The Morgan fingerprint density at radius 2 is 2.19 bits per heavy atom. The van der Waals surface area contributed by atoms with E-state index in [1.54, 1.807) is 0 Å². The van der Waals surface area contributed by atoms with Crippen LogP contribution in [0.5, 0.6) is 5.88 Å². The Hall–Kier alpha value is -1.57. The Kier molecular flexibility index (Phi) is 4.87. The molecule has 0 amide bonds. The zero-order chi connectivity index (χ0) is 15.5. The van der Waals surface area contributed by atoms with Gasteiger partial charge >= 0.3 is 6.18 Å². The number of hydrogen-bond acceptors (Lipinski definition) is 5. The molecule has 0 aliphatic carbocycles. The molecule has 8 heteroatoms. The second-order valence-corrected chi connectivity index (χ2v) is 5.08. The van der Waals surface area contributed by atoms with Crippen LogP contribution in [0.15, 0.2) is 6.07 Å². The number of rotatable bonds is 5. The van der Waals surface area contributed by atoms with Gasteiger partial charge in [-0.3, -0.25) is 0 Å². The largest absolute Gasteiger partial charge is 0.477 e. The number of hydrogen-bond donors (Lipinski definition) is 1. The van der Waals surface area contributed by atoms with Crippen molar-refractivity contribution in [3.05, 3.63) is 11.9 Å². The van der Waals surface area contributed by atoms with Crippen LogP contribution in [0.3, 0.4) is 0 Å². The van der Waals surface area contributed by atoms with E-state index in [0.717, 1.165) is 25.8 Å². The first-order chi connectivity index (χ1) is 9.90. The number of likely N-dealkylation sites (tertiary alicyclic amines) is 1.